The molecule has 0 N–H and O–H groups in total. The van der Waals surface area contributed by atoms with E-state index >= 15 is 0 Å². The second-order valence-electron chi connectivity index (χ2n) is 24.2. The molecule has 0 saturated carbocycles. The summed E-state index contributed by atoms with van der Waals surface area (Å²) < 4.78 is 9.21. The average Bonchev–Trinajstić information content (AvgIpc) is 4.17. The number of hydrogen-bond acceptors (Lipinski definition) is 3. The number of furan rings is 1. The Kier molecular flexibility index (Phi) is 15.4. The van der Waals surface area contributed by atoms with Gasteiger partial charge < -0.3 is 14.0 Å². The molecule has 391 valence electrons. The van der Waals surface area contributed by atoms with Crippen LogP contribution in [0.5, 0.6) is 0 Å². The summed E-state index contributed by atoms with van der Waals surface area (Å²) in [7, 11) is 0. The van der Waals surface area contributed by atoms with Crippen molar-refractivity contribution < 1.29 is 24.5 Å². The molecular weight excluding hydrogens is 1120 g/mol. The Morgan fingerprint density at radius 2 is 1.05 bits per heavy atom. The topological polar surface area (TPSA) is 43.9 Å². The monoisotopic (exact) mass is 1190 g/mol. The molecule has 0 fully saturated rings. The molecule has 1 radical (unpaired) electrons. The van der Waals surface area contributed by atoms with Crippen molar-refractivity contribution >= 4 is 33.0 Å². The van der Waals surface area contributed by atoms with Crippen LogP contribution in [0.2, 0.25) is 0 Å². The summed E-state index contributed by atoms with van der Waals surface area (Å²) in [5.41, 5.74) is 21.8. The molecule has 8 aromatic carbocycles. The molecule has 3 heterocycles. The smallest absolute Gasteiger partial charge is 0.121 e. The SMILES string of the molecule is CC(C)(C)c1ccc(-c2[c-]cccc2)nc1.CC(C)c1cc(-c2ccc(-c3cc(C(C)(C)C)cc(C(C)(C)C)c3)cc2)cc(C(C)C)c1-n1c(-c2[c-]ccc3c2oc2cc(-c4ccccc4)ccc23)nc2ccccc21.[Ir]. The number of benzene rings is 8. The summed E-state index contributed by atoms with van der Waals surface area (Å²) in [6, 6.07) is 69.7. The zero-order valence-corrected chi connectivity index (χ0v) is 49.5. The number of nitrogens with zero attached hydrogens (tertiary/aromatic N) is 3. The van der Waals surface area contributed by atoms with Crippen LogP contribution in [0.25, 0.3) is 94.7 Å². The van der Waals surface area contributed by atoms with Gasteiger partial charge in [0.25, 0.3) is 0 Å². The van der Waals surface area contributed by atoms with Crippen molar-refractivity contribution in [2.24, 2.45) is 0 Å². The second-order valence-corrected chi connectivity index (χ2v) is 24.2. The van der Waals surface area contributed by atoms with Gasteiger partial charge in [-0.2, -0.15) is 0 Å². The molecule has 0 saturated heterocycles. The number of imidazole rings is 1. The van der Waals surface area contributed by atoms with Crippen LogP contribution in [0.15, 0.2) is 187 Å². The van der Waals surface area contributed by atoms with E-state index in [1.165, 1.54) is 55.8 Å². The van der Waals surface area contributed by atoms with Crippen LogP contribution in [0.1, 0.15) is 130 Å². The van der Waals surface area contributed by atoms with Gasteiger partial charge in [0, 0.05) is 37.4 Å². The Bertz CT molecular complexity index is 3780. The molecule has 0 spiro atoms. The van der Waals surface area contributed by atoms with Gasteiger partial charge in [0.1, 0.15) is 5.58 Å². The maximum atomic E-state index is 6.82. The maximum absolute atomic E-state index is 6.82. The Balaban J connectivity index is 0.000000364. The summed E-state index contributed by atoms with van der Waals surface area (Å²) in [6.07, 6.45) is 1.95. The average molecular weight is 1190 g/mol. The van der Waals surface area contributed by atoms with Gasteiger partial charge in [0.15, 0.2) is 0 Å². The van der Waals surface area contributed by atoms with Crippen LogP contribution in [-0.2, 0) is 36.4 Å². The minimum Gasteiger partial charge on any atom is -0.501 e. The van der Waals surface area contributed by atoms with Gasteiger partial charge in [-0.05, 0) is 125 Å². The fourth-order valence-corrected chi connectivity index (χ4v) is 10.2. The number of fused-ring (bicyclic) bond motifs is 4. The molecule has 0 unspecified atom stereocenters. The van der Waals surface area contributed by atoms with E-state index in [9.17, 15) is 0 Å². The summed E-state index contributed by atoms with van der Waals surface area (Å²) in [4.78, 5) is 9.86. The summed E-state index contributed by atoms with van der Waals surface area (Å²) in [5, 5.41) is 2.14. The van der Waals surface area contributed by atoms with Gasteiger partial charge >= 0.3 is 0 Å². The summed E-state index contributed by atoms with van der Waals surface area (Å²) >= 11 is 0. The van der Waals surface area contributed by atoms with Crippen LogP contribution < -0.4 is 0 Å². The molecule has 77 heavy (non-hydrogen) atoms. The molecule has 0 aliphatic carbocycles. The number of pyridine rings is 1. The Hall–Kier alpha value is -7.17. The zero-order valence-electron chi connectivity index (χ0n) is 47.1. The quantitative estimate of drug-likeness (QED) is 0.142. The molecule has 11 rings (SSSR count). The van der Waals surface area contributed by atoms with Gasteiger partial charge in [0.2, 0.25) is 0 Å². The van der Waals surface area contributed by atoms with E-state index in [1.807, 2.05) is 42.6 Å². The van der Waals surface area contributed by atoms with E-state index in [-0.39, 0.29) is 48.2 Å². The summed E-state index contributed by atoms with van der Waals surface area (Å²) in [5.74, 6) is 1.31. The molecule has 0 aliphatic heterocycles. The van der Waals surface area contributed by atoms with Gasteiger partial charge in [-0.15, -0.1) is 54.1 Å². The van der Waals surface area contributed by atoms with E-state index in [2.05, 4.69) is 251 Å². The molecule has 11 aromatic rings. The van der Waals surface area contributed by atoms with Crippen molar-refractivity contribution in [1.82, 2.24) is 14.5 Å². The number of rotatable bonds is 8. The third-order valence-electron chi connectivity index (χ3n) is 14.8. The van der Waals surface area contributed by atoms with Gasteiger partial charge in [-0.1, -0.05) is 210 Å². The van der Waals surface area contributed by atoms with Crippen molar-refractivity contribution in [1.29, 1.82) is 0 Å². The van der Waals surface area contributed by atoms with Crippen molar-refractivity contribution in [2.75, 3.05) is 0 Å². The normalized spacial score (nSPS) is 12.1. The predicted molar refractivity (Wildman–Crippen MR) is 322 cm³/mol. The van der Waals surface area contributed by atoms with Gasteiger partial charge in [0.05, 0.1) is 22.4 Å². The maximum Gasteiger partial charge on any atom is 0.121 e. The number of aromatic nitrogens is 3. The minimum absolute atomic E-state index is 0. The molecular formula is C72H71IrN3O-2. The molecule has 3 aromatic heterocycles. The Morgan fingerprint density at radius 3 is 1.62 bits per heavy atom. The molecule has 5 heteroatoms. The Morgan fingerprint density at radius 1 is 0.481 bits per heavy atom. The van der Waals surface area contributed by atoms with Gasteiger partial charge in [-0.25, -0.2) is 0 Å². The molecule has 0 aliphatic rings. The Labute approximate surface area is 471 Å². The minimum atomic E-state index is 0. The van der Waals surface area contributed by atoms with Crippen molar-refractivity contribution in [3.63, 3.8) is 0 Å². The fourth-order valence-electron chi connectivity index (χ4n) is 10.2. The van der Waals surface area contributed by atoms with E-state index < -0.39 is 0 Å². The van der Waals surface area contributed by atoms with Crippen molar-refractivity contribution in [3.05, 3.63) is 222 Å². The number of para-hydroxylation sites is 2. The predicted octanol–water partition coefficient (Wildman–Crippen LogP) is 20.1. The summed E-state index contributed by atoms with van der Waals surface area (Å²) in [6.45, 7) is 29.6. The molecule has 0 bridgehead atoms. The van der Waals surface area contributed by atoms with Crippen LogP contribution >= 0.6 is 0 Å². The first kappa shape index (κ1) is 54.6. The van der Waals surface area contributed by atoms with E-state index in [4.69, 9.17) is 9.40 Å². The van der Waals surface area contributed by atoms with Crippen molar-refractivity contribution in [3.8, 4) is 61.7 Å². The van der Waals surface area contributed by atoms with Crippen LogP contribution in [-0.4, -0.2) is 14.5 Å². The number of hydrogen-bond donors (Lipinski definition) is 0. The van der Waals surface area contributed by atoms with Crippen LogP contribution in [0.4, 0.5) is 0 Å². The second kappa shape index (κ2) is 21.7. The van der Waals surface area contributed by atoms with Crippen LogP contribution in [0, 0.1) is 12.1 Å². The zero-order chi connectivity index (χ0) is 53.7. The first-order valence-corrected chi connectivity index (χ1v) is 27.0. The van der Waals surface area contributed by atoms with E-state index in [0.717, 1.165) is 66.7 Å². The van der Waals surface area contributed by atoms with E-state index in [0.29, 0.717) is 0 Å². The first-order valence-electron chi connectivity index (χ1n) is 27.0. The largest absolute Gasteiger partial charge is 0.501 e. The third-order valence-corrected chi connectivity index (χ3v) is 14.8. The van der Waals surface area contributed by atoms with Crippen LogP contribution in [0.3, 0.4) is 0 Å². The molecule has 0 amide bonds. The third kappa shape index (κ3) is 11.3. The standard InChI is InChI=1S/C57H55N2O.C15H16N.Ir/c1-35(2)48-31-42(39-25-23-38(24-26-39)41-29-43(56(5,6)7)34-44(30-41)57(8,9)10)32-49(36(3)4)53(48)59-51-22-15-14-21-50(51)58-55(59)47-20-16-19-46-45-28-27-40(33-52(45)60-54(46)47)37-17-12-11-13-18-37;1-15(2,3)13-9-10-14(16-11-13)12-7-5-4-6-8-12;/h11-19,21-36H,1-10H3;4-7,9-11H,1-3H3;/q2*-1;. The first-order chi connectivity index (χ1) is 36.2. The van der Waals surface area contributed by atoms with Gasteiger partial charge in [-0.3, -0.25) is 4.98 Å². The fraction of sp³-hybridized carbons (Fsp3) is 0.250. The van der Waals surface area contributed by atoms with E-state index in [1.54, 1.807) is 0 Å². The molecule has 0 atom stereocenters. The van der Waals surface area contributed by atoms with Crippen molar-refractivity contribution in [2.45, 2.75) is 118 Å². The molecule has 4 nitrogen and oxygen atoms in total.